The molecule has 3 aromatic heterocycles. The minimum atomic E-state index is -0.247. The molecule has 0 saturated heterocycles. The van der Waals surface area contributed by atoms with Crippen LogP contribution in [-0.2, 0) is 0 Å². The molecule has 1 aromatic carbocycles. The largest absolute Gasteiger partial charge is 0.438 e. The molecule has 9 heteroatoms. The van der Waals surface area contributed by atoms with Crippen LogP contribution in [0.1, 0.15) is 16.1 Å². The summed E-state index contributed by atoms with van der Waals surface area (Å²) in [6, 6.07) is 14.0. The van der Waals surface area contributed by atoms with Crippen LogP contribution in [0.2, 0.25) is 0 Å². The maximum atomic E-state index is 12.3. The third kappa shape index (κ3) is 4.64. The molecule has 0 aliphatic carbocycles. The van der Waals surface area contributed by atoms with Crippen LogP contribution in [0.5, 0.6) is 11.6 Å². The summed E-state index contributed by atoms with van der Waals surface area (Å²) in [6.07, 6.45) is 4.94. The molecule has 0 aliphatic rings. The number of rotatable bonds is 5. The molecule has 144 valence electrons. The zero-order chi connectivity index (χ0) is 20.2. The van der Waals surface area contributed by atoms with E-state index in [2.05, 4.69) is 41.5 Å². The number of hydrogen-bond donors (Lipinski definition) is 1. The lowest BCUT2D eigenvalue weighted by Gasteiger charge is -2.08. The predicted molar refractivity (Wildman–Crippen MR) is 110 cm³/mol. The highest BCUT2D eigenvalue weighted by Gasteiger charge is 2.08. The van der Waals surface area contributed by atoms with E-state index in [0.717, 1.165) is 10.2 Å². The molecule has 0 saturated carbocycles. The van der Waals surface area contributed by atoms with Gasteiger partial charge < -0.3 is 10.1 Å². The molecule has 0 spiro atoms. The third-order valence-corrected chi connectivity index (χ3v) is 4.32. The SMILES string of the molecule is Cc1ccn(-c2ccc(Oc3ccc(NC(=O)c4cncc(Br)c4)cc3)nn2)n1. The number of pyridine rings is 1. The van der Waals surface area contributed by atoms with Gasteiger partial charge in [-0.25, -0.2) is 4.68 Å². The van der Waals surface area contributed by atoms with Crippen molar-refractivity contribution in [3.63, 3.8) is 0 Å². The highest BCUT2D eigenvalue weighted by atomic mass is 79.9. The summed E-state index contributed by atoms with van der Waals surface area (Å²) in [7, 11) is 0. The van der Waals surface area contributed by atoms with Gasteiger partial charge in [-0.3, -0.25) is 9.78 Å². The third-order valence-electron chi connectivity index (χ3n) is 3.88. The highest BCUT2D eigenvalue weighted by molar-refractivity contribution is 9.10. The molecular weight excluding hydrogens is 436 g/mol. The van der Waals surface area contributed by atoms with E-state index in [4.69, 9.17) is 4.74 Å². The van der Waals surface area contributed by atoms with Crippen LogP contribution in [0.4, 0.5) is 5.69 Å². The molecule has 4 rings (SSSR count). The Hall–Kier alpha value is -3.59. The van der Waals surface area contributed by atoms with Crippen LogP contribution in [-0.4, -0.2) is 30.9 Å². The molecule has 0 unspecified atom stereocenters. The number of benzene rings is 1. The first-order valence-electron chi connectivity index (χ1n) is 8.63. The number of carbonyl (C=O) groups excluding carboxylic acids is 1. The van der Waals surface area contributed by atoms with Gasteiger partial charge in [0.15, 0.2) is 5.82 Å². The van der Waals surface area contributed by atoms with E-state index in [9.17, 15) is 4.79 Å². The van der Waals surface area contributed by atoms with Crippen molar-refractivity contribution in [2.45, 2.75) is 6.92 Å². The first kappa shape index (κ1) is 18.8. The van der Waals surface area contributed by atoms with E-state index >= 15 is 0 Å². The predicted octanol–water partition coefficient (Wildman–Crippen LogP) is 4.17. The summed E-state index contributed by atoms with van der Waals surface area (Å²) >= 11 is 3.30. The summed E-state index contributed by atoms with van der Waals surface area (Å²) in [5, 5.41) is 15.3. The lowest BCUT2D eigenvalue weighted by molar-refractivity contribution is 0.102. The minimum absolute atomic E-state index is 0.247. The van der Waals surface area contributed by atoms with Crippen LogP contribution in [0.15, 0.2) is 71.6 Å². The van der Waals surface area contributed by atoms with Crippen LogP contribution < -0.4 is 10.1 Å². The first-order valence-corrected chi connectivity index (χ1v) is 9.42. The van der Waals surface area contributed by atoms with Gasteiger partial charge in [-0.05, 0) is 65.3 Å². The van der Waals surface area contributed by atoms with Gasteiger partial charge in [-0.15, -0.1) is 10.2 Å². The first-order chi connectivity index (χ1) is 14.1. The number of amides is 1. The van der Waals surface area contributed by atoms with Gasteiger partial charge in [0.1, 0.15) is 5.75 Å². The Labute approximate surface area is 174 Å². The molecule has 1 amide bonds. The summed E-state index contributed by atoms with van der Waals surface area (Å²) in [5.74, 6) is 1.28. The number of hydrogen-bond acceptors (Lipinski definition) is 6. The number of anilines is 1. The van der Waals surface area contributed by atoms with E-state index in [1.807, 2.05) is 19.2 Å². The topological polar surface area (TPSA) is 94.8 Å². The van der Waals surface area contributed by atoms with Crippen molar-refractivity contribution in [3.05, 3.63) is 82.9 Å². The fourth-order valence-corrected chi connectivity index (χ4v) is 2.86. The zero-order valence-electron chi connectivity index (χ0n) is 15.3. The van der Waals surface area contributed by atoms with Gasteiger partial charge in [-0.2, -0.15) is 5.10 Å². The monoisotopic (exact) mass is 450 g/mol. The van der Waals surface area contributed by atoms with Gasteiger partial charge >= 0.3 is 0 Å². The zero-order valence-corrected chi connectivity index (χ0v) is 16.9. The van der Waals surface area contributed by atoms with Crippen molar-refractivity contribution in [1.82, 2.24) is 25.0 Å². The van der Waals surface area contributed by atoms with Crippen LogP contribution in [0.3, 0.4) is 0 Å². The van der Waals surface area contributed by atoms with Crippen molar-refractivity contribution < 1.29 is 9.53 Å². The fraction of sp³-hybridized carbons (Fsp3) is 0.0500. The number of aryl methyl sites for hydroxylation is 1. The second kappa shape index (κ2) is 8.19. The molecule has 3 heterocycles. The van der Waals surface area contributed by atoms with Crippen molar-refractivity contribution in [3.8, 4) is 17.4 Å². The van der Waals surface area contributed by atoms with E-state index < -0.39 is 0 Å². The Kier molecular flexibility index (Phi) is 5.30. The van der Waals surface area contributed by atoms with Crippen LogP contribution in [0, 0.1) is 6.92 Å². The number of ether oxygens (including phenoxy) is 1. The van der Waals surface area contributed by atoms with Crippen molar-refractivity contribution in [2.75, 3.05) is 5.32 Å². The summed E-state index contributed by atoms with van der Waals surface area (Å²) in [5.41, 5.74) is 2.00. The van der Waals surface area contributed by atoms with Crippen molar-refractivity contribution in [2.24, 2.45) is 0 Å². The Bertz CT molecular complexity index is 1140. The molecule has 0 bridgehead atoms. The number of halogens is 1. The van der Waals surface area contributed by atoms with E-state index in [1.54, 1.807) is 53.3 Å². The molecule has 0 fully saturated rings. The minimum Gasteiger partial charge on any atom is -0.438 e. The maximum absolute atomic E-state index is 12.3. The number of carbonyl (C=O) groups is 1. The molecule has 1 N–H and O–H groups in total. The van der Waals surface area contributed by atoms with E-state index in [1.165, 1.54) is 6.20 Å². The van der Waals surface area contributed by atoms with Gasteiger partial charge in [0.2, 0.25) is 5.88 Å². The summed E-state index contributed by atoms with van der Waals surface area (Å²) in [4.78, 5) is 16.3. The van der Waals surface area contributed by atoms with E-state index in [0.29, 0.717) is 28.7 Å². The Balaban J connectivity index is 1.40. The van der Waals surface area contributed by atoms with Crippen molar-refractivity contribution in [1.29, 1.82) is 0 Å². The lowest BCUT2D eigenvalue weighted by Crippen LogP contribution is -2.12. The Morgan fingerprint density at radius 1 is 1.07 bits per heavy atom. The van der Waals surface area contributed by atoms with Gasteiger partial charge in [0.05, 0.1) is 11.3 Å². The average molecular weight is 451 g/mol. The summed E-state index contributed by atoms with van der Waals surface area (Å²) in [6.45, 7) is 1.91. The van der Waals surface area contributed by atoms with Crippen LogP contribution in [0.25, 0.3) is 5.82 Å². The van der Waals surface area contributed by atoms with Gasteiger partial charge in [0, 0.05) is 34.8 Å². The molecule has 0 atom stereocenters. The molecular formula is C20H15BrN6O2. The molecule has 0 radical (unpaired) electrons. The average Bonchev–Trinajstić information content (AvgIpc) is 3.16. The van der Waals surface area contributed by atoms with Gasteiger partial charge in [-0.1, -0.05) is 0 Å². The van der Waals surface area contributed by atoms with Crippen LogP contribution >= 0.6 is 15.9 Å². The molecule has 8 nitrogen and oxygen atoms in total. The second-order valence-electron chi connectivity index (χ2n) is 6.10. The number of nitrogens with zero attached hydrogens (tertiary/aromatic N) is 5. The quantitative estimate of drug-likeness (QED) is 0.490. The maximum Gasteiger partial charge on any atom is 0.257 e. The highest BCUT2D eigenvalue weighted by Crippen LogP contribution is 2.22. The molecule has 0 aliphatic heterocycles. The van der Waals surface area contributed by atoms with E-state index in [-0.39, 0.29) is 5.91 Å². The normalized spacial score (nSPS) is 10.6. The number of aromatic nitrogens is 5. The Morgan fingerprint density at radius 2 is 1.90 bits per heavy atom. The summed E-state index contributed by atoms with van der Waals surface area (Å²) < 4.78 is 8.09. The smallest absolute Gasteiger partial charge is 0.257 e. The standard InChI is InChI=1S/C20H15BrN6O2/c1-13-8-9-27(26-13)18-6-7-19(25-24-18)29-17-4-2-16(3-5-17)23-20(28)14-10-15(21)12-22-11-14/h2-12H,1H3,(H,23,28). The van der Waals surface area contributed by atoms with Gasteiger partial charge in [0.25, 0.3) is 5.91 Å². The molecule has 4 aromatic rings. The lowest BCUT2D eigenvalue weighted by atomic mass is 10.2. The number of nitrogens with one attached hydrogen (secondary N) is 1. The van der Waals surface area contributed by atoms with Crippen molar-refractivity contribution >= 4 is 27.5 Å². The Morgan fingerprint density at radius 3 is 2.55 bits per heavy atom. The molecule has 29 heavy (non-hydrogen) atoms. The second-order valence-corrected chi connectivity index (χ2v) is 7.02. The fourth-order valence-electron chi connectivity index (χ4n) is 2.50.